The second-order valence-corrected chi connectivity index (χ2v) is 7.54. The Morgan fingerprint density at radius 1 is 0.939 bits per heavy atom. The number of rotatable bonds is 10. The van der Waals surface area contributed by atoms with Crippen LogP contribution in [0, 0.1) is 20.2 Å². The van der Waals surface area contributed by atoms with Crippen LogP contribution < -0.4 is 9.47 Å². The summed E-state index contributed by atoms with van der Waals surface area (Å²) in [4.78, 5) is 25.9. The number of non-ortho nitro benzene ring substituents is 2. The van der Waals surface area contributed by atoms with E-state index in [0.29, 0.717) is 27.1 Å². The van der Waals surface area contributed by atoms with Crippen molar-refractivity contribution < 1.29 is 24.2 Å². The van der Waals surface area contributed by atoms with Crippen LogP contribution in [0.25, 0.3) is 0 Å². The molecule has 0 bridgehead atoms. The van der Waals surface area contributed by atoms with Crippen molar-refractivity contribution in [2.24, 2.45) is 5.16 Å². The van der Waals surface area contributed by atoms with Gasteiger partial charge in [-0.2, -0.15) is 0 Å². The number of halogens is 1. The van der Waals surface area contributed by atoms with E-state index in [2.05, 4.69) is 21.1 Å². The highest BCUT2D eigenvalue weighted by atomic mass is 79.9. The summed E-state index contributed by atoms with van der Waals surface area (Å²) < 4.78 is 11.9. The van der Waals surface area contributed by atoms with Gasteiger partial charge in [-0.05, 0) is 51.3 Å². The van der Waals surface area contributed by atoms with Gasteiger partial charge in [0.15, 0.2) is 11.5 Å². The molecular weight excluding hydrogens is 498 g/mol. The molecule has 0 aliphatic heterocycles. The lowest BCUT2D eigenvalue weighted by molar-refractivity contribution is -0.385. The molecule has 0 atom stereocenters. The zero-order valence-corrected chi connectivity index (χ0v) is 18.9. The maximum Gasteiger partial charge on any atom is 0.269 e. The van der Waals surface area contributed by atoms with Gasteiger partial charge in [0.1, 0.15) is 13.2 Å². The summed E-state index contributed by atoms with van der Waals surface area (Å²) in [6, 6.07) is 15.7. The quantitative estimate of drug-likeness (QED) is 0.201. The van der Waals surface area contributed by atoms with Crippen LogP contribution in [0.2, 0.25) is 0 Å². The summed E-state index contributed by atoms with van der Waals surface area (Å²) in [5, 5.41) is 25.5. The minimum Gasteiger partial charge on any atom is -0.493 e. The largest absolute Gasteiger partial charge is 0.493 e. The summed E-state index contributed by atoms with van der Waals surface area (Å²) in [5.41, 5.74) is 2.04. The zero-order valence-electron chi connectivity index (χ0n) is 17.3. The van der Waals surface area contributed by atoms with Crippen LogP contribution in [0.5, 0.6) is 11.5 Å². The number of methoxy groups -OCH3 is 1. The number of nitrogens with zero attached hydrogens (tertiary/aromatic N) is 3. The van der Waals surface area contributed by atoms with Gasteiger partial charge in [0, 0.05) is 29.8 Å². The van der Waals surface area contributed by atoms with Crippen LogP contribution in [0.3, 0.4) is 0 Å². The van der Waals surface area contributed by atoms with Gasteiger partial charge in [0.05, 0.1) is 27.6 Å². The first-order valence-corrected chi connectivity index (χ1v) is 10.3. The molecule has 3 aromatic carbocycles. The monoisotopic (exact) mass is 515 g/mol. The van der Waals surface area contributed by atoms with Crippen LogP contribution in [0.1, 0.15) is 16.7 Å². The van der Waals surface area contributed by atoms with E-state index in [1.165, 1.54) is 37.6 Å². The summed E-state index contributed by atoms with van der Waals surface area (Å²) in [5.74, 6) is 0.914. The van der Waals surface area contributed by atoms with E-state index in [9.17, 15) is 20.2 Å². The van der Waals surface area contributed by atoms with Crippen molar-refractivity contribution >= 4 is 33.5 Å². The Kier molecular flexibility index (Phi) is 7.92. The molecule has 0 saturated heterocycles. The Morgan fingerprint density at radius 2 is 1.67 bits per heavy atom. The maximum absolute atomic E-state index is 10.8. The molecule has 0 spiro atoms. The Morgan fingerprint density at radius 3 is 2.33 bits per heavy atom. The summed E-state index contributed by atoms with van der Waals surface area (Å²) in [6.07, 6.45) is 1.48. The molecule has 0 aromatic heterocycles. The number of hydrogen-bond donors (Lipinski definition) is 0. The van der Waals surface area contributed by atoms with Gasteiger partial charge in [-0.25, -0.2) is 0 Å². The van der Waals surface area contributed by atoms with E-state index >= 15 is 0 Å². The molecule has 0 saturated carbocycles. The van der Waals surface area contributed by atoms with Crippen molar-refractivity contribution in [3.63, 3.8) is 0 Å². The molecular formula is C22H18BrN3O7. The highest BCUT2D eigenvalue weighted by molar-refractivity contribution is 9.10. The Labute approximate surface area is 196 Å². The summed E-state index contributed by atoms with van der Waals surface area (Å²) >= 11 is 3.45. The third-order valence-corrected chi connectivity index (χ3v) is 5.00. The first-order valence-electron chi connectivity index (χ1n) is 9.49. The first kappa shape index (κ1) is 23.7. The third kappa shape index (κ3) is 6.50. The molecule has 0 heterocycles. The lowest BCUT2D eigenvalue weighted by Gasteiger charge is -2.13. The highest BCUT2D eigenvalue weighted by Crippen LogP contribution is 2.37. The van der Waals surface area contributed by atoms with Crippen molar-refractivity contribution in [1.82, 2.24) is 0 Å². The Hall–Kier alpha value is -3.99. The minimum atomic E-state index is -0.470. The third-order valence-electron chi connectivity index (χ3n) is 4.41. The SMILES string of the molecule is COc1cc(/C=N\OCc2cccc([N+](=O)[O-])c2)cc(Br)c1OCc1ccc([N+](=O)[O-])cc1. The van der Waals surface area contributed by atoms with Crippen LogP contribution in [-0.2, 0) is 18.1 Å². The second-order valence-electron chi connectivity index (χ2n) is 6.68. The maximum atomic E-state index is 10.8. The van der Waals surface area contributed by atoms with Crippen molar-refractivity contribution in [2.45, 2.75) is 13.2 Å². The fourth-order valence-electron chi connectivity index (χ4n) is 2.79. The van der Waals surface area contributed by atoms with Crippen LogP contribution in [-0.4, -0.2) is 23.2 Å². The molecule has 0 aliphatic carbocycles. The number of oxime groups is 1. The molecule has 0 unspecified atom stereocenters. The van der Waals surface area contributed by atoms with Crippen LogP contribution in [0.15, 0.2) is 70.3 Å². The molecule has 0 N–H and O–H groups in total. The molecule has 3 aromatic rings. The van der Waals surface area contributed by atoms with Crippen molar-refractivity contribution in [2.75, 3.05) is 7.11 Å². The van der Waals surface area contributed by atoms with Gasteiger partial charge >= 0.3 is 0 Å². The lowest BCUT2D eigenvalue weighted by atomic mass is 10.2. The van der Waals surface area contributed by atoms with Crippen molar-refractivity contribution in [1.29, 1.82) is 0 Å². The molecule has 10 nitrogen and oxygen atoms in total. The average Bonchev–Trinajstić information content (AvgIpc) is 2.81. The molecule has 0 fully saturated rings. The summed E-state index contributed by atoms with van der Waals surface area (Å²) in [6.45, 7) is 0.264. The fraction of sp³-hybridized carbons (Fsp3) is 0.136. The standard InChI is InChI=1S/C22H18BrN3O7/c1-31-21-11-17(12-24-33-14-16-3-2-4-19(9-16)26(29)30)10-20(23)22(21)32-13-15-5-7-18(8-6-15)25(27)28/h2-12H,13-14H2,1H3/b24-12-. The van der Waals surface area contributed by atoms with Gasteiger partial charge in [-0.1, -0.05) is 17.3 Å². The number of ether oxygens (including phenoxy) is 2. The lowest BCUT2D eigenvalue weighted by Crippen LogP contribution is -2.00. The zero-order chi connectivity index (χ0) is 23.8. The molecule has 3 rings (SSSR count). The molecule has 0 radical (unpaired) electrons. The van der Waals surface area contributed by atoms with E-state index in [1.807, 2.05) is 0 Å². The molecule has 0 amide bonds. The van der Waals surface area contributed by atoms with E-state index in [1.54, 1.807) is 36.4 Å². The smallest absolute Gasteiger partial charge is 0.269 e. The van der Waals surface area contributed by atoms with Crippen molar-refractivity contribution in [3.8, 4) is 11.5 Å². The number of hydrogen-bond acceptors (Lipinski definition) is 8. The van der Waals surface area contributed by atoms with Crippen molar-refractivity contribution in [3.05, 3.63) is 102 Å². The van der Waals surface area contributed by atoms with Crippen LogP contribution >= 0.6 is 15.9 Å². The number of nitro groups is 2. The van der Waals surface area contributed by atoms with Gasteiger partial charge in [0.25, 0.3) is 11.4 Å². The van der Waals surface area contributed by atoms with E-state index in [4.69, 9.17) is 14.3 Å². The predicted molar refractivity (Wildman–Crippen MR) is 124 cm³/mol. The van der Waals surface area contributed by atoms with Gasteiger partial charge in [-0.15, -0.1) is 0 Å². The number of benzene rings is 3. The predicted octanol–water partition coefficient (Wildman–Crippen LogP) is 5.40. The second kappa shape index (κ2) is 11.0. The highest BCUT2D eigenvalue weighted by Gasteiger charge is 2.12. The van der Waals surface area contributed by atoms with E-state index in [-0.39, 0.29) is 24.6 Å². The Bertz CT molecular complexity index is 1180. The van der Waals surface area contributed by atoms with Gasteiger partial charge in [-0.3, -0.25) is 20.2 Å². The summed E-state index contributed by atoms with van der Waals surface area (Å²) in [7, 11) is 1.50. The molecule has 33 heavy (non-hydrogen) atoms. The van der Waals surface area contributed by atoms with E-state index < -0.39 is 9.85 Å². The topological polar surface area (TPSA) is 126 Å². The first-order chi connectivity index (χ1) is 15.9. The number of nitro benzene ring substituents is 2. The normalized spacial score (nSPS) is 10.7. The molecule has 170 valence electrons. The molecule has 11 heteroatoms. The van der Waals surface area contributed by atoms with Gasteiger partial charge < -0.3 is 14.3 Å². The fourth-order valence-corrected chi connectivity index (χ4v) is 3.37. The molecule has 0 aliphatic rings. The van der Waals surface area contributed by atoms with E-state index in [0.717, 1.165) is 5.56 Å². The average molecular weight is 516 g/mol. The van der Waals surface area contributed by atoms with Gasteiger partial charge in [0.2, 0.25) is 0 Å². The Balaban J connectivity index is 1.63. The van der Waals surface area contributed by atoms with Crippen LogP contribution in [0.4, 0.5) is 11.4 Å². The minimum absolute atomic E-state index is 0.00820.